The van der Waals surface area contributed by atoms with Crippen LogP contribution >= 0.6 is 23.2 Å². The van der Waals surface area contributed by atoms with Gasteiger partial charge >= 0.3 is 0 Å². The molecule has 0 atom stereocenters. The molecular formula is C24H26Cl2N6. The van der Waals surface area contributed by atoms with E-state index in [2.05, 4.69) is 70.6 Å². The second-order valence-corrected chi connectivity index (χ2v) is 9.56. The van der Waals surface area contributed by atoms with Crippen molar-refractivity contribution in [1.29, 1.82) is 0 Å². The Labute approximate surface area is 198 Å². The highest BCUT2D eigenvalue weighted by Crippen LogP contribution is 2.28. The Balaban J connectivity index is 1.28. The predicted octanol–water partition coefficient (Wildman–Crippen LogP) is 6.44. The monoisotopic (exact) mass is 468 g/mol. The highest BCUT2D eigenvalue weighted by Gasteiger charge is 2.13. The van der Waals surface area contributed by atoms with Gasteiger partial charge in [-0.25, -0.2) is 4.98 Å². The minimum absolute atomic E-state index is 0.139. The Hall–Kier alpha value is -2.83. The number of hydrogen-bond donors (Lipinski definition) is 2. The lowest BCUT2D eigenvalue weighted by molar-refractivity contribution is 0.569. The van der Waals surface area contributed by atoms with Gasteiger partial charge in [-0.15, -0.1) is 5.10 Å². The summed E-state index contributed by atoms with van der Waals surface area (Å²) in [5, 5.41) is 12.9. The first-order valence-corrected chi connectivity index (χ1v) is 11.3. The normalized spacial score (nSPS) is 11.7. The Morgan fingerprint density at radius 3 is 2.47 bits per heavy atom. The third-order valence-corrected chi connectivity index (χ3v) is 5.99. The van der Waals surface area contributed by atoms with E-state index in [0.29, 0.717) is 16.0 Å². The molecule has 0 spiro atoms. The Bertz CT molecular complexity index is 1190. The smallest absolute Gasteiger partial charge is 0.200 e. The fraction of sp³-hybridized carbons (Fsp3) is 0.292. The number of hydrogen-bond acceptors (Lipinski definition) is 4. The molecule has 0 radical (unpaired) electrons. The van der Waals surface area contributed by atoms with E-state index in [1.54, 1.807) is 12.3 Å². The van der Waals surface area contributed by atoms with Crippen LogP contribution < -0.4 is 5.32 Å². The number of anilines is 1. The van der Waals surface area contributed by atoms with E-state index in [0.717, 1.165) is 42.0 Å². The van der Waals surface area contributed by atoms with Gasteiger partial charge in [0.1, 0.15) is 5.69 Å². The number of imidazole rings is 1. The maximum Gasteiger partial charge on any atom is 0.200 e. The molecule has 8 heteroatoms. The van der Waals surface area contributed by atoms with Gasteiger partial charge in [-0.2, -0.15) is 0 Å². The largest absolute Gasteiger partial charge is 0.356 e. The molecule has 4 rings (SSSR count). The van der Waals surface area contributed by atoms with E-state index < -0.39 is 0 Å². The first kappa shape index (κ1) is 22.4. The van der Waals surface area contributed by atoms with E-state index in [-0.39, 0.29) is 5.41 Å². The molecule has 4 aromatic rings. The Morgan fingerprint density at radius 1 is 1.00 bits per heavy atom. The van der Waals surface area contributed by atoms with Gasteiger partial charge < -0.3 is 10.3 Å². The molecule has 0 aliphatic heterocycles. The molecule has 6 nitrogen and oxygen atoms in total. The van der Waals surface area contributed by atoms with Crippen molar-refractivity contribution in [2.45, 2.75) is 39.2 Å². The van der Waals surface area contributed by atoms with Crippen LogP contribution in [0, 0.1) is 0 Å². The number of H-pyrrole nitrogens is 1. The highest BCUT2D eigenvalue weighted by atomic mass is 35.5. The lowest BCUT2D eigenvalue weighted by atomic mass is 9.86. The minimum atomic E-state index is 0.139. The third kappa shape index (κ3) is 5.31. The number of aryl methyl sites for hydroxylation is 1. The molecule has 0 amide bonds. The molecule has 0 bridgehead atoms. The van der Waals surface area contributed by atoms with E-state index >= 15 is 0 Å². The number of nitrogens with zero attached hydrogens (tertiary/aromatic N) is 4. The molecule has 0 saturated carbocycles. The molecule has 0 aliphatic carbocycles. The lowest BCUT2D eigenvalue weighted by Crippen LogP contribution is -2.10. The quantitative estimate of drug-likeness (QED) is 0.306. The van der Waals surface area contributed by atoms with Crippen molar-refractivity contribution < 1.29 is 0 Å². The topological polar surface area (TPSA) is 71.4 Å². The summed E-state index contributed by atoms with van der Waals surface area (Å²) in [5.74, 6) is 0.712. The van der Waals surface area contributed by atoms with Crippen molar-refractivity contribution in [3.05, 3.63) is 70.5 Å². The number of halogens is 2. The number of rotatable bonds is 7. The SMILES string of the molecule is CC(C)(C)c1ccc(-c2cn(CCCNc3ncc(-c4ccc(Cl)c(Cl)c4)[nH]3)nn2)cc1. The molecule has 0 fully saturated rings. The zero-order valence-electron chi connectivity index (χ0n) is 18.4. The number of nitrogens with one attached hydrogen (secondary N) is 2. The molecule has 2 aromatic carbocycles. The predicted molar refractivity (Wildman–Crippen MR) is 131 cm³/mol. The van der Waals surface area contributed by atoms with E-state index in [9.17, 15) is 0 Å². The van der Waals surface area contributed by atoms with E-state index in [1.807, 2.05) is 23.0 Å². The Kier molecular flexibility index (Phi) is 6.53. The second kappa shape index (κ2) is 9.35. The zero-order chi connectivity index (χ0) is 22.7. The van der Waals surface area contributed by atoms with E-state index in [1.165, 1.54) is 5.56 Å². The fourth-order valence-electron chi connectivity index (χ4n) is 3.35. The summed E-state index contributed by atoms with van der Waals surface area (Å²) < 4.78 is 1.87. The number of aromatic nitrogens is 5. The summed E-state index contributed by atoms with van der Waals surface area (Å²) >= 11 is 12.1. The summed E-state index contributed by atoms with van der Waals surface area (Å²) in [6.45, 7) is 8.15. The van der Waals surface area contributed by atoms with Gasteiger partial charge in [0.05, 0.1) is 28.1 Å². The molecule has 0 saturated heterocycles. The van der Waals surface area contributed by atoms with Crippen LogP contribution in [-0.4, -0.2) is 31.5 Å². The van der Waals surface area contributed by atoms with Crippen LogP contribution in [0.15, 0.2) is 54.9 Å². The molecule has 0 unspecified atom stereocenters. The molecule has 2 aromatic heterocycles. The fourth-order valence-corrected chi connectivity index (χ4v) is 3.65. The minimum Gasteiger partial charge on any atom is -0.356 e. The standard InChI is InChI=1S/C24H26Cl2N6/c1-24(2,3)18-8-5-16(6-9-18)22-15-32(31-30-22)12-4-11-27-23-28-14-21(29-23)17-7-10-19(25)20(26)13-17/h5-10,13-15H,4,11-12H2,1-3H3,(H2,27,28,29). The molecule has 2 N–H and O–H groups in total. The van der Waals surface area contributed by atoms with Crippen molar-refractivity contribution in [2.24, 2.45) is 0 Å². The third-order valence-electron chi connectivity index (χ3n) is 5.25. The molecule has 0 aliphatic rings. The van der Waals surface area contributed by atoms with Gasteiger partial charge in [-0.3, -0.25) is 4.68 Å². The number of aromatic amines is 1. The van der Waals surface area contributed by atoms with Crippen LogP contribution in [0.25, 0.3) is 22.5 Å². The number of benzene rings is 2. The first-order valence-electron chi connectivity index (χ1n) is 10.5. The van der Waals surface area contributed by atoms with Crippen molar-refractivity contribution in [2.75, 3.05) is 11.9 Å². The summed E-state index contributed by atoms with van der Waals surface area (Å²) in [7, 11) is 0. The van der Waals surface area contributed by atoms with Gasteiger partial charge in [0.2, 0.25) is 5.95 Å². The van der Waals surface area contributed by atoms with Crippen molar-refractivity contribution in [1.82, 2.24) is 25.0 Å². The lowest BCUT2D eigenvalue weighted by Gasteiger charge is -2.18. The first-order chi connectivity index (χ1) is 15.3. The summed E-state index contributed by atoms with van der Waals surface area (Å²) in [6, 6.07) is 14.0. The van der Waals surface area contributed by atoms with Gasteiger partial charge in [-0.05, 0) is 29.5 Å². The molecule has 2 heterocycles. The van der Waals surface area contributed by atoms with Gasteiger partial charge in [0.25, 0.3) is 0 Å². The van der Waals surface area contributed by atoms with Crippen LogP contribution in [0.4, 0.5) is 5.95 Å². The van der Waals surface area contributed by atoms with Gasteiger partial charge in [-0.1, -0.05) is 79.5 Å². The molecule has 166 valence electrons. The van der Waals surface area contributed by atoms with Crippen LogP contribution in [-0.2, 0) is 12.0 Å². The average Bonchev–Trinajstić information content (AvgIpc) is 3.43. The van der Waals surface area contributed by atoms with Crippen LogP contribution in [0.1, 0.15) is 32.8 Å². The molecular weight excluding hydrogens is 443 g/mol. The van der Waals surface area contributed by atoms with Gasteiger partial charge in [0.15, 0.2) is 0 Å². The van der Waals surface area contributed by atoms with Crippen LogP contribution in [0.5, 0.6) is 0 Å². The van der Waals surface area contributed by atoms with Crippen molar-refractivity contribution in [3.8, 4) is 22.5 Å². The maximum atomic E-state index is 6.10. The van der Waals surface area contributed by atoms with Crippen LogP contribution in [0.3, 0.4) is 0 Å². The zero-order valence-corrected chi connectivity index (χ0v) is 19.9. The van der Waals surface area contributed by atoms with E-state index in [4.69, 9.17) is 23.2 Å². The summed E-state index contributed by atoms with van der Waals surface area (Å²) in [4.78, 5) is 7.64. The maximum absolute atomic E-state index is 6.10. The van der Waals surface area contributed by atoms with Crippen molar-refractivity contribution in [3.63, 3.8) is 0 Å². The van der Waals surface area contributed by atoms with Crippen LogP contribution in [0.2, 0.25) is 10.0 Å². The Morgan fingerprint density at radius 2 is 1.75 bits per heavy atom. The average molecular weight is 469 g/mol. The summed E-state index contributed by atoms with van der Waals surface area (Å²) in [6.07, 6.45) is 4.65. The van der Waals surface area contributed by atoms with Gasteiger partial charge in [0, 0.05) is 24.2 Å². The van der Waals surface area contributed by atoms with Crippen molar-refractivity contribution >= 4 is 29.2 Å². The molecule has 32 heavy (non-hydrogen) atoms. The summed E-state index contributed by atoms with van der Waals surface area (Å²) in [5.41, 5.74) is 5.22. The second-order valence-electron chi connectivity index (χ2n) is 8.75. The highest BCUT2D eigenvalue weighted by molar-refractivity contribution is 6.42.